The number of halogens is 3. The van der Waals surface area contributed by atoms with Gasteiger partial charge >= 0.3 is 6.18 Å². The van der Waals surface area contributed by atoms with Gasteiger partial charge in [-0.2, -0.15) is 13.2 Å². The fourth-order valence-electron chi connectivity index (χ4n) is 3.38. The molecule has 0 saturated carbocycles. The predicted molar refractivity (Wildman–Crippen MR) is 122 cm³/mol. The van der Waals surface area contributed by atoms with Crippen molar-refractivity contribution in [3.8, 4) is 11.5 Å². The Morgan fingerprint density at radius 3 is 1.76 bits per heavy atom. The van der Waals surface area contributed by atoms with E-state index in [4.69, 9.17) is 18.2 Å². The van der Waals surface area contributed by atoms with Crippen LogP contribution in [0, 0.1) is 0 Å². The third-order valence-corrected chi connectivity index (χ3v) is 5.01. The van der Waals surface area contributed by atoms with Gasteiger partial charge in [0.15, 0.2) is 6.10 Å². The molecule has 3 rings (SSSR count). The summed E-state index contributed by atoms with van der Waals surface area (Å²) in [6.45, 7) is 0. The molecule has 0 spiro atoms. The summed E-state index contributed by atoms with van der Waals surface area (Å²) in [6.07, 6.45) is -6.58. The van der Waals surface area contributed by atoms with Gasteiger partial charge < -0.3 is 19.1 Å². The summed E-state index contributed by atoms with van der Waals surface area (Å²) in [5, 5.41) is 14.0. The van der Waals surface area contributed by atoms with Crippen LogP contribution in [0.3, 0.4) is 0 Å². The Hall–Kier alpha value is -2.92. The van der Waals surface area contributed by atoms with E-state index in [1.807, 2.05) is 36.4 Å². The molecule has 0 aliphatic rings. The van der Waals surface area contributed by atoms with E-state index in [9.17, 15) is 18.3 Å². The lowest BCUT2D eigenvalue weighted by molar-refractivity contribution is -0.207. The minimum absolute atomic E-state index is 0.121. The molecule has 0 aliphatic carbocycles. The maximum atomic E-state index is 13.3. The molecule has 0 saturated heterocycles. The number of methoxy groups -OCH3 is 2. The van der Waals surface area contributed by atoms with Crippen LogP contribution in [0.15, 0.2) is 66.7 Å². The number of rotatable bonds is 7. The first kappa shape index (κ1) is 27.3. The zero-order chi connectivity index (χ0) is 25.3. The third-order valence-electron chi connectivity index (χ3n) is 5.01. The van der Waals surface area contributed by atoms with E-state index in [1.165, 1.54) is 6.07 Å². The van der Waals surface area contributed by atoms with Crippen molar-refractivity contribution in [3.63, 3.8) is 0 Å². The smallest absolute Gasteiger partial charge is 0.418 e. The number of hydrogen-bond acceptors (Lipinski definition) is 5. The maximum Gasteiger partial charge on any atom is 0.418 e. The SMILES string of the molecule is COc1ccc(Cc2cccc(C(O)C(F)(F)F)c2Cc2ccc(OC)cc2)cc1.NS(=O)[O-]. The summed E-state index contributed by atoms with van der Waals surface area (Å²) >= 11 is -2.36. The van der Waals surface area contributed by atoms with E-state index >= 15 is 0 Å². The van der Waals surface area contributed by atoms with Crippen LogP contribution in [0.2, 0.25) is 0 Å². The van der Waals surface area contributed by atoms with Crippen LogP contribution in [0.4, 0.5) is 13.2 Å². The standard InChI is InChI=1S/C24H23F3O3.H3NO2S/c1-29-19-10-6-16(7-11-19)14-18-4-3-5-21(23(28)24(25,26)27)22(18)15-17-8-12-20(30-2)13-9-17;1-4(2)3/h3-13,23,28H,14-15H2,1-2H3;1H2,(H,2,3)/p-1. The second-order valence-corrected chi connectivity index (χ2v) is 7.76. The number of ether oxygens (including phenoxy) is 2. The van der Waals surface area contributed by atoms with Crippen LogP contribution in [0.25, 0.3) is 0 Å². The van der Waals surface area contributed by atoms with Gasteiger partial charge in [-0.15, -0.1) is 0 Å². The van der Waals surface area contributed by atoms with E-state index in [1.54, 1.807) is 38.5 Å². The lowest BCUT2D eigenvalue weighted by Crippen LogP contribution is -2.22. The van der Waals surface area contributed by atoms with Crippen molar-refractivity contribution in [3.05, 3.63) is 94.5 Å². The summed E-state index contributed by atoms with van der Waals surface area (Å²) in [5.74, 6) is 1.37. The van der Waals surface area contributed by atoms with Crippen molar-refractivity contribution >= 4 is 11.3 Å². The Kier molecular flexibility index (Phi) is 10.1. The fourth-order valence-corrected chi connectivity index (χ4v) is 3.38. The van der Waals surface area contributed by atoms with E-state index < -0.39 is 23.5 Å². The zero-order valence-corrected chi connectivity index (χ0v) is 19.4. The molecule has 6 nitrogen and oxygen atoms in total. The van der Waals surface area contributed by atoms with Gasteiger partial charge in [0.25, 0.3) is 0 Å². The topological polar surface area (TPSA) is 105 Å². The molecule has 3 N–H and O–H groups in total. The molecular formula is C24H25F3NO5S-. The average Bonchev–Trinajstić information content (AvgIpc) is 2.79. The molecule has 0 radical (unpaired) electrons. The lowest BCUT2D eigenvalue weighted by atomic mass is 9.89. The first-order chi connectivity index (χ1) is 16.0. The van der Waals surface area contributed by atoms with Gasteiger partial charge in [0.05, 0.1) is 14.2 Å². The zero-order valence-electron chi connectivity index (χ0n) is 18.5. The third kappa shape index (κ3) is 8.14. The van der Waals surface area contributed by atoms with E-state index in [0.717, 1.165) is 16.7 Å². The Balaban J connectivity index is 0.000000945. The predicted octanol–water partition coefficient (Wildman–Crippen LogP) is 4.22. The molecule has 0 fully saturated rings. The number of aliphatic hydroxyl groups is 1. The number of benzene rings is 3. The molecule has 34 heavy (non-hydrogen) atoms. The Morgan fingerprint density at radius 1 is 0.912 bits per heavy atom. The van der Waals surface area contributed by atoms with Crippen LogP contribution in [-0.2, 0) is 24.1 Å². The number of nitrogens with two attached hydrogens (primary N) is 1. The van der Waals surface area contributed by atoms with E-state index in [2.05, 4.69) is 5.14 Å². The Labute approximate surface area is 198 Å². The summed E-state index contributed by atoms with van der Waals surface area (Å²) in [7, 11) is 3.13. The monoisotopic (exact) mass is 496 g/mol. The number of aliphatic hydroxyl groups excluding tert-OH is 1. The first-order valence-electron chi connectivity index (χ1n) is 10.00. The minimum Gasteiger partial charge on any atom is -0.760 e. The maximum absolute atomic E-state index is 13.3. The van der Waals surface area contributed by atoms with Gasteiger partial charge in [0.1, 0.15) is 11.5 Å². The second kappa shape index (κ2) is 12.5. The van der Waals surface area contributed by atoms with Crippen molar-refractivity contribution in [1.82, 2.24) is 0 Å². The van der Waals surface area contributed by atoms with Gasteiger partial charge in [-0.05, 0) is 64.9 Å². The van der Waals surface area contributed by atoms with Crippen molar-refractivity contribution in [1.29, 1.82) is 0 Å². The van der Waals surface area contributed by atoms with Gasteiger partial charge in [-0.25, -0.2) is 0 Å². The number of hydrogen-bond donors (Lipinski definition) is 2. The molecule has 0 amide bonds. The highest BCUT2D eigenvalue weighted by molar-refractivity contribution is 7.76. The largest absolute Gasteiger partial charge is 0.760 e. The fraction of sp³-hybridized carbons (Fsp3) is 0.250. The molecule has 3 aromatic rings. The van der Waals surface area contributed by atoms with E-state index in [-0.39, 0.29) is 12.0 Å². The van der Waals surface area contributed by atoms with E-state index in [0.29, 0.717) is 23.5 Å². The minimum atomic E-state index is -4.74. The van der Waals surface area contributed by atoms with Gasteiger partial charge in [-0.1, -0.05) is 42.5 Å². The number of alkyl halides is 3. The van der Waals surface area contributed by atoms with Gasteiger partial charge in [0.2, 0.25) is 0 Å². The highest BCUT2D eigenvalue weighted by Crippen LogP contribution is 2.36. The molecular weight excluding hydrogens is 471 g/mol. The first-order valence-corrected chi connectivity index (χ1v) is 11.1. The molecule has 0 aromatic heterocycles. The van der Waals surface area contributed by atoms with Crippen LogP contribution in [0.5, 0.6) is 11.5 Å². The second-order valence-electron chi connectivity index (χ2n) is 7.24. The summed E-state index contributed by atoms with van der Waals surface area (Å²) < 4.78 is 67.8. The van der Waals surface area contributed by atoms with Gasteiger partial charge in [0, 0.05) is 11.3 Å². The molecule has 184 valence electrons. The van der Waals surface area contributed by atoms with Crippen molar-refractivity contribution in [2.45, 2.75) is 25.1 Å². The van der Waals surface area contributed by atoms with Crippen molar-refractivity contribution in [2.24, 2.45) is 5.14 Å². The normalized spacial score (nSPS) is 12.8. The molecule has 0 bridgehead atoms. The summed E-state index contributed by atoms with van der Waals surface area (Å²) in [5.41, 5.74) is 2.85. The Morgan fingerprint density at radius 2 is 1.35 bits per heavy atom. The molecule has 10 heteroatoms. The van der Waals surface area contributed by atoms with Crippen LogP contribution >= 0.6 is 0 Å². The summed E-state index contributed by atoms with van der Waals surface area (Å²) in [6, 6.07) is 19.2. The average molecular weight is 497 g/mol. The molecule has 0 heterocycles. The molecule has 2 unspecified atom stereocenters. The highest BCUT2D eigenvalue weighted by atomic mass is 32.2. The molecule has 3 aromatic carbocycles. The quantitative estimate of drug-likeness (QED) is 0.477. The highest BCUT2D eigenvalue weighted by Gasteiger charge is 2.40. The van der Waals surface area contributed by atoms with Crippen LogP contribution < -0.4 is 14.6 Å². The lowest BCUT2D eigenvalue weighted by Gasteiger charge is -2.21. The van der Waals surface area contributed by atoms with Crippen LogP contribution in [-0.4, -0.2) is 34.3 Å². The van der Waals surface area contributed by atoms with Crippen LogP contribution in [0.1, 0.15) is 33.9 Å². The summed E-state index contributed by atoms with van der Waals surface area (Å²) in [4.78, 5) is 0. The van der Waals surface area contributed by atoms with Crippen molar-refractivity contribution < 1.29 is 36.5 Å². The Bertz CT molecular complexity index is 1070. The molecule has 2 atom stereocenters. The van der Waals surface area contributed by atoms with Gasteiger partial charge in [-0.3, -0.25) is 9.35 Å². The molecule has 0 aliphatic heterocycles. The van der Waals surface area contributed by atoms with Crippen molar-refractivity contribution in [2.75, 3.05) is 14.2 Å².